The number of amides is 1. The number of carbonyl (C=O) groups is 1. The van der Waals surface area contributed by atoms with E-state index in [1.54, 1.807) is 11.3 Å². The van der Waals surface area contributed by atoms with Gasteiger partial charge in [-0.3, -0.25) is 4.79 Å². The van der Waals surface area contributed by atoms with Crippen molar-refractivity contribution in [2.75, 3.05) is 13.2 Å². The van der Waals surface area contributed by atoms with Crippen LogP contribution >= 0.6 is 33.9 Å². The SMILES string of the molecule is O=C(NCC1CCCO1)c1csc(I)c1. The molecule has 1 unspecified atom stereocenters. The summed E-state index contributed by atoms with van der Waals surface area (Å²) in [7, 11) is 0. The van der Waals surface area contributed by atoms with Crippen LogP contribution in [-0.2, 0) is 4.74 Å². The van der Waals surface area contributed by atoms with E-state index in [9.17, 15) is 4.79 Å². The zero-order chi connectivity index (χ0) is 10.7. The normalized spacial score (nSPS) is 20.5. The van der Waals surface area contributed by atoms with Crippen LogP contribution in [0.2, 0.25) is 0 Å². The van der Waals surface area contributed by atoms with Gasteiger partial charge in [-0.25, -0.2) is 0 Å². The van der Waals surface area contributed by atoms with Gasteiger partial charge in [0.2, 0.25) is 0 Å². The summed E-state index contributed by atoms with van der Waals surface area (Å²) in [5.74, 6) is 0.00432. The highest BCUT2D eigenvalue weighted by Crippen LogP contribution is 2.16. The van der Waals surface area contributed by atoms with Gasteiger partial charge in [0, 0.05) is 18.5 Å². The molecule has 1 N–H and O–H groups in total. The lowest BCUT2D eigenvalue weighted by molar-refractivity contribution is 0.0858. The Labute approximate surface area is 106 Å². The minimum absolute atomic E-state index is 0.00432. The third-order valence-corrected chi connectivity index (χ3v) is 4.13. The predicted octanol–water partition coefficient (Wildman–Crippen LogP) is 2.26. The van der Waals surface area contributed by atoms with Gasteiger partial charge in [0.25, 0.3) is 5.91 Å². The summed E-state index contributed by atoms with van der Waals surface area (Å²) in [6.45, 7) is 1.46. The zero-order valence-electron chi connectivity index (χ0n) is 8.16. The predicted molar refractivity (Wildman–Crippen MR) is 68.3 cm³/mol. The van der Waals surface area contributed by atoms with Crippen LogP contribution in [0.15, 0.2) is 11.4 Å². The van der Waals surface area contributed by atoms with Crippen LogP contribution in [-0.4, -0.2) is 25.2 Å². The fourth-order valence-electron chi connectivity index (χ4n) is 1.54. The first-order valence-electron chi connectivity index (χ1n) is 4.89. The van der Waals surface area contributed by atoms with Crippen LogP contribution in [0.25, 0.3) is 0 Å². The van der Waals surface area contributed by atoms with E-state index in [0.29, 0.717) is 6.54 Å². The molecule has 0 aromatic carbocycles. The fourth-order valence-corrected chi connectivity index (χ4v) is 2.87. The van der Waals surface area contributed by atoms with Crippen molar-refractivity contribution in [1.82, 2.24) is 5.32 Å². The van der Waals surface area contributed by atoms with Gasteiger partial charge in [0.1, 0.15) is 0 Å². The number of ether oxygens (including phenoxy) is 1. The van der Waals surface area contributed by atoms with Gasteiger partial charge >= 0.3 is 0 Å². The van der Waals surface area contributed by atoms with E-state index >= 15 is 0 Å². The van der Waals surface area contributed by atoms with E-state index in [-0.39, 0.29) is 12.0 Å². The second-order valence-electron chi connectivity index (χ2n) is 3.48. The number of thiophene rings is 1. The third-order valence-electron chi connectivity index (χ3n) is 2.34. The number of hydrogen-bond donors (Lipinski definition) is 1. The van der Waals surface area contributed by atoms with E-state index in [1.165, 1.54) is 0 Å². The van der Waals surface area contributed by atoms with Crippen LogP contribution < -0.4 is 5.32 Å². The summed E-state index contributed by atoms with van der Waals surface area (Å²) in [6.07, 6.45) is 2.38. The molecule has 1 aromatic rings. The van der Waals surface area contributed by atoms with Crippen LogP contribution in [0, 0.1) is 2.88 Å². The summed E-state index contributed by atoms with van der Waals surface area (Å²) in [4.78, 5) is 11.7. The van der Waals surface area contributed by atoms with Crippen molar-refractivity contribution in [2.45, 2.75) is 18.9 Å². The van der Waals surface area contributed by atoms with Gasteiger partial charge in [0.05, 0.1) is 14.6 Å². The van der Waals surface area contributed by atoms with Crippen molar-refractivity contribution in [3.05, 3.63) is 19.9 Å². The minimum atomic E-state index is 0.00432. The Bertz CT molecular complexity index is 347. The number of carbonyl (C=O) groups excluding carboxylic acids is 1. The smallest absolute Gasteiger partial charge is 0.252 e. The Morgan fingerprint density at radius 3 is 3.20 bits per heavy atom. The van der Waals surface area contributed by atoms with Crippen LogP contribution in [0.1, 0.15) is 23.2 Å². The molecule has 1 amide bonds. The maximum atomic E-state index is 11.7. The lowest BCUT2D eigenvalue weighted by atomic mass is 10.2. The first-order chi connectivity index (χ1) is 7.25. The van der Waals surface area contributed by atoms with Crippen molar-refractivity contribution in [3.63, 3.8) is 0 Å². The first-order valence-corrected chi connectivity index (χ1v) is 6.85. The Morgan fingerprint density at radius 1 is 1.73 bits per heavy atom. The Balaban J connectivity index is 1.81. The molecule has 2 heterocycles. The van der Waals surface area contributed by atoms with Crippen molar-refractivity contribution in [1.29, 1.82) is 0 Å². The van der Waals surface area contributed by atoms with Crippen LogP contribution in [0.5, 0.6) is 0 Å². The van der Waals surface area contributed by atoms with E-state index in [1.807, 2.05) is 11.4 Å². The fraction of sp³-hybridized carbons (Fsp3) is 0.500. The highest BCUT2D eigenvalue weighted by atomic mass is 127. The molecular weight excluding hydrogens is 325 g/mol. The molecule has 1 aromatic heterocycles. The topological polar surface area (TPSA) is 38.3 Å². The molecule has 1 saturated heterocycles. The number of rotatable bonds is 3. The molecule has 0 saturated carbocycles. The molecule has 1 aliphatic rings. The lowest BCUT2D eigenvalue weighted by Crippen LogP contribution is -2.31. The monoisotopic (exact) mass is 337 g/mol. The summed E-state index contributed by atoms with van der Waals surface area (Å²) < 4.78 is 6.56. The average Bonchev–Trinajstić information content (AvgIpc) is 2.84. The standard InChI is InChI=1S/C10H12INO2S/c11-9-4-7(6-15-9)10(13)12-5-8-2-1-3-14-8/h4,6,8H,1-3,5H2,(H,12,13). The Morgan fingerprint density at radius 2 is 2.60 bits per heavy atom. The molecule has 5 heteroatoms. The highest BCUT2D eigenvalue weighted by molar-refractivity contribution is 14.1. The van der Waals surface area contributed by atoms with E-state index in [2.05, 4.69) is 27.9 Å². The Kier molecular flexibility index (Phi) is 3.99. The first kappa shape index (κ1) is 11.3. The van der Waals surface area contributed by atoms with Gasteiger partial charge in [-0.1, -0.05) is 0 Å². The number of halogens is 1. The molecule has 2 rings (SSSR count). The quantitative estimate of drug-likeness (QED) is 0.860. The molecule has 1 aliphatic heterocycles. The summed E-state index contributed by atoms with van der Waals surface area (Å²) in [6, 6.07) is 1.90. The largest absolute Gasteiger partial charge is 0.376 e. The summed E-state index contributed by atoms with van der Waals surface area (Å²) in [5.41, 5.74) is 0.752. The van der Waals surface area contributed by atoms with Gasteiger partial charge in [-0.2, -0.15) is 0 Å². The van der Waals surface area contributed by atoms with Crippen molar-refractivity contribution < 1.29 is 9.53 Å². The molecule has 0 radical (unpaired) electrons. The molecule has 1 atom stereocenters. The van der Waals surface area contributed by atoms with Gasteiger partial charge in [-0.15, -0.1) is 11.3 Å². The number of hydrogen-bond acceptors (Lipinski definition) is 3. The van der Waals surface area contributed by atoms with Crippen molar-refractivity contribution >= 4 is 39.8 Å². The van der Waals surface area contributed by atoms with E-state index in [0.717, 1.165) is 27.9 Å². The van der Waals surface area contributed by atoms with Gasteiger partial charge < -0.3 is 10.1 Å². The molecular formula is C10H12INO2S. The van der Waals surface area contributed by atoms with E-state index in [4.69, 9.17) is 4.74 Å². The second kappa shape index (κ2) is 5.27. The zero-order valence-corrected chi connectivity index (χ0v) is 11.1. The van der Waals surface area contributed by atoms with Gasteiger partial charge in [-0.05, 0) is 41.5 Å². The Hall–Kier alpha value is -0.140. The second-order valence-corrected chi connectivity index (χ2v) is 6.29. The number of nitrogens with one attached hydrogen (secondary N) is 1. The third kappa shape index (κ3) is 3.15. The molecule has 0 bridgehead atoms. The lowest BCUT2D eigenvalue weighted by Gasteiger charge is -2.09. The van der Waals surface area contributed by atoms with Crippen molar-refractivity contribution in [3.8, 4) is 0 Å². The molecule has 82 valence electrons. The van der Waals surface area contributed by atoms with Crippen molar-refractivity contribution in [2.24, 2.45) is 0 Å². The average molecular weight is 337 g/mol. The van der Waals surface area contributed by atoms with E-state index < -0.39 is 0 Å². The molecule has 0 spiro atoms. The molecule has 1 fully saturated rings. The molecule has 0 aliphatic carbocycles. The van der Waals surface area contributed by atoms with Gasteiger partial charge in [0.15, 0.2) is 0 Å². The summed E-state index contributed by atoms with van der Waals surface area (Å²) >= 11 is 3.80. The summed E-state index contributed by atoms with van der Waals surface area (Å²) in [5, 5.41) is 4.78. The minimum Gasteiger partial charge on any atom is -0.376 e. The maximum absolute atomic E-state index is 11.7. The van der Waals surface area contributed by atoms with Crippen LogP contribution in [0.4, 0.5) is 0 Å². The maximum Gasteiger partial charge on any atom is 0.252 e. The van der Waals surface area contributed by atoms with Crippen LogP contribution in [0.3, 0.4) is 0 Å². The highest BCUT2D eigenvalue weighted by Gasteiger charge is 2.16. The molecule has 15 heavy (non-hydrogen) atoms. The molecule has 3 nitrogen and oxygen atoms in total.